The first-order valence-corrected chi connectivity index (χ1v) is 12.1. The Kier molecular flexibility index (Phi) is 5.48. The third-order valence-electron chi connectivity index (χ3n) is 8.08. The first-order valence-electron chi connectivity index (χ1n) is 12.1. The summed E-state index contributed by atoms with van der Waals surface area (Å²) in [5.41, 5.74) is 0.679. The van der Waals surface area contributed by atoms with Crippen LogP contribution in [0.15, 0.2) is 24.3 Å². The third kappa shape index (κ3) is 3.51. The lowest BCUT2D eigenvalue weighted by atomic mass is 9.77. The molecule has 3 aliphatic rings. The van der Waals surface area contributed by atoms with Crippen LogP contribution in [0.5, 0.6) is 0 Å². The molecule has 5 rings (SSSR count). The van der Waals surface area contributed by atoms with Crippen molar-refractivity contribution in [3.05, 3.63) is 30.1 Å². The molecule has 7 heteroatoms. The van der Waals surface area contributed by atoms with Crippen molar-refractivity contribution >= 4 is 22.8 Å². The molecule has 1 aromatic heterocycles. The van der Waals surface area contributed by atoms with Crippen LogP contribution in [-0.4, -0.2) is 57.1 Å². The number of hydrogen-bond donors (Lipinski definition) is 1. The van der Waals surface area contributed by atoms with Gasteiger partial charge < -0.3 is 19.5 Å². The molecule has 32 heavy (non-hydrogen) atoms. The van der Waals surface area contributed by atoms with Gasteiger partial charge in [0.25, 0.3) is 5.91 Å². The van der Waals surface area contributed by atoms with Gasteiger partial charge in [0.15, 0.2) is 5.82 Å². The molecule has 2 fully saturated rings. The Morgan fingerprint density at radius 1 is 1.22 bits per heavy atom. The highest BCUT2D eigenvalue weighted by atomic mass is 16.5. The zero-order valence-corrected chi connectivity index (χ0v) is 19.3. The number of para-hydroxylation sites is 2. The zero-order chi connectivity index (χ0) is 22.5. The maximum atomic E-state index is 13.9. The Hall–Kier alpha value is -2.41. The van der Waals surface area contributed by atoms with Crippen LogP contribution in [0.4, 0.5) is 0 Å². The first-order chi connectivity index (χ1) is 15.4. The average Bonchev–Trinajstić information content (AvgIpc) is 3.42. The summed E-state index contributed by atoms with van der Waals surface area (Å²) in [5, 5.41) is 3.35. The molecule has 2 amide bonds. The third-order valence-corrected chi connectivity index (χ3v) is 8.08. The Morgan fingerprint density at radius 3 is 2.81 bits per heavy atom. The molecular weight excluding hydrogens is 404 g/mol. The molecule has 2 aromatic rings. The van der Waals surface area contributed by atoms with Crippen molar-refractivity contribution in [3.8, 4) is 0 Å². The molecule has 1 aromatic carbocycles. The summed E-state index contributed by atoms with van der Waals surface area (Å²) in [6.07, 6.45) is 5.20. The molecule has 1 saturated carbocycles. The van der Waals surface area contributed by atoms with Crippen LogP contribution < -0.4 is 5.32 Å². The number of amides is 2. The molecular formula is C25H34N4O3. The maximum Gasteiger partial charge on any atom is 0.290 e. The van der Waals surface area contributed by atoms with Crippen LogP contribution in [-0.2, 0) is 16.1 Å². The fraction of sp³-hybridized carbons (Fsp3) is 0.640. The van der Waals surface area contributed by atoms with Crippen molar-refractivity contribution in [1.82, 2.24) is 19.8 Å². The standard InChI is InChI=1S/C25H34N4O3/c1-16-8-6-11-19(17(16)2)27-24(31)25(3)15-28-21-12-5-4-10-20(21)26-22(28)23(30)29(25)14-18-9-7-13-32-18/h4-5,10,12,16-19H,6-9,11,13-15H2,1-3H3,(H,27,31)/t16-,17+,18-,19+,25+/m1/s1. The number of hydrogen-bond acceptors (Lipinski definition) is 4. The number of rotatable bonds is 4. The smallest absolute Gasteiger partial charge is 0.290 e. The molecule has 0 bridgehead atoms. The quantitative estimate of drug-likeness (QED) is 0.794. The Morgan fingerprint density at radius 2 is 2.03 bits per heavy atom. The number of benzene rings is 1. The number of imidazole rings is 1. The SMILES string of the molecule is C[C@H]1[C@H](C)CCC[C@@H]1NC(=O)[C@]1(C)Cn2c(nc3ccccc32)C(=O)N1C[C@H]1CCCO1. The van der Waals surface area contributed by atoms with E-state index in [0.29, 0.717) is 37.4 Å². The molecule has 172 valence electrons. The number of carbonyl (C=O) groups excluding carboxylic acids is 2. The topological polar surface area (TPSA) is 76.5 Å². The number of aromatic nitrogens is 2. The number of carbonyl (C=O) groups is 2. The van der Waals surface area contributed by atoms with E-state index in [4.69, 9.17) is 4.74 Å². The molecule has 3 heterocycles. The molecule has 0 radical (unpaired) electrons. The minimum absolute atomic E-state index is 0.0318. The summed E-state index contributed by atoms with van der Waals surface area (Å²) in [6.45, 7) is 7.93. The van der Waals surface area contributed by atoms with E-state index in [2.05, 4.69) is 24.1 Å². The first kappa shape index (κ1) is 21.4. The van der Waals surface area contributed by atoms with Gasteiger partial charge in [-0.25, -0.2) is 4.98 Å². The highest BCUT2D eigenvalue weighted by molar-refractivity contribution is 6.01. The van der Waals surface area contributed by atoms with Gasteiger partial charge in [-0.1, -0.05) is 38.8 Å². The van der Waals surface area contributed by atoms with Gasteiger partial charge in [-0.05, 0) is 50.2 Å². The van der Waals surface area contributed by atoms with Crippen molar-refractivity contribution in [2.45, 2.75) is 77.1 Å². The highest BCUT2D eigenvalue weighted by Gasteiger charge is 2.50. The fourth-order valence-electron chi connectivity index (χ4n) is 5.72. The minimum atomic E-state index is -1.00. The van der Waals surface area contributed by atoms with Gasteiger partial charge in [-0.3, -0.25) is 9.59 Å². The van der Waals surface area contributed by atoms with E-state index in [0.717, 1.165) is 36.7 Å². The summed E-state index contributed by atoms with van der Waals surface area (Å²) < 4.78 is 7.78. The van der Waals surface area contributed by atoms with Crippen molar-refractivity contribution < 1.29 is 14.3 Å². The molecule has 2 aliphatic heterocycles. The van der Waals surface area contributed by atoms with Gasteiger partial charge >= 0.3 is 0 Å². The van der Waals surface area contributed by atoms with Crippen molar-refractivity contribution in [2.24, 2.45) is 11.8 Å². The number of fused-ring (bicyclic) bond motifs is 3. The number of nitrogens with zero attached hydrogens (tertiary/aromatic N) is 3. The molecule has 0 spiro atoms. The second-order valence-corrected chi connectivity index (χ2v) is 10.2. The van der Waals surface area contributed by atoms with Crippen LogP contribution in [0.1, 0.15) is 63.5 Å². The molecule has 7 nitrogen and oxygen atoms in total. The van der Waals surface area contributed by atoms with Gasteiger partial charge in [0.2, 0.25) is 5.91 Å². The van der Waals surface area contributed by atoms with Crippen molar-refractivity contribution in [3.63, 3.8) is 0 Å². The second kappa shape index (κ2) is 8.18. The summed E-state index contributed by atoms with van der Waals surface area (Å²) in [5.74, 6) is 1.16. The van der Waals surface area contributed by atoms with E-state index in [1.165, 1.54) is 6.42 Å². The Balaban J connectivity index is 1.50. The fourth-order valence-corrected chi connectivity index (χ4v) is 5.72. The summed E-state index contributed by atoms with van der Waals surface area (Å²) >= 11 is 0. The van der Waals surface area contributed by atoms with Crippen molar-refractivity contribution in [2.75, 3.05) is 13.2 Å². The molecule has 1 N–H and O–H groups in total. The lowest BCUT2D eigenvalue weighted by Gasteiger charge is -2.45. The molecule has 1 aliphatic carbocycles. The predicted octanol–water partition coefficient (Wildman–Crippen LogP) is 3.37. The van der Waals surface area contributed by atoms with Gasteiger partial charge in [-0.2, -0.15) is 0 Å². The Labute approximate surface area is 189 Å². The summed E-state index contributed by atoms with van der Waals surface area (Å²) in [6, 6.07) is 7.90. The maximum absolute atomic E-state index is 13.9. The summed E-state index contributed by atoms with van der Waals surface area (Å²) in [7, 11) is 0. The van der Waals surface area contributed by atoms with Crippen molar-refractivity contribution in [1.29, 1.82) is 0 Å². The van der Waals surface area contributed by atoms with E-state index in [1.807, 2.05) is 35.8 Å². The van der Waals surface area contributed by atoms with Gasteiger partial charge in [0.05, 0.1) is 23.7 Å². The normalized spacial score (nSPS) is 32.8. The van der Waals surface area contributed by atoms with Crippen LogP contribution in [0.25, 0.3) is 11.0 Å². The minimum Gasteiger partial charge on any atom is -0.376 e. The number of nitrogens with one attached hydrogen (secondary N) is 1. The molecule has 1 saturated heterocycles. The van der Waals surface area contributed by atoms with E-state index < -0.39 is 5.54 Å². The second-order valence-electron chi connectivity index (χ2n) is 10.2. The zero-order valence-electron chi connectivity index (χ0n) is 19.3. The van der Waals surface area contributed by atoms with E-state index in [1.54, 1.807) is 4.90 Å². The number of ether oxygens (including phenoxy) is 1. The predicted molar refractivity (Wildman–Crippen MR) is 122 cm³/mol. The van der Waals surface area contributed by atoms with E-state index >= 15 is 0 Å². The monoisotopic (exact) mass is 438 g/mol. The van der Waals surface area contributed by atoms with Crippen LogP contribution in [0.3, 0.4) is 0 Å². The van der Waals surface area contributed by atoms with Gasteiger partial charge in [0.1, 0.15) is 5.54 Å². The van der Waals surface area contributed by atoms with E-state index in [9.17, 15) is 9.59 Å². The molecule has 0 unspecified atom stereocenters. The highest BCUT2D eigenvalue weighted by Crippen LogP contribution is 2.34. The van der Waals surface area contributed by atoms with Gasteiger partial charge in [-0.15, -0.1) is 0 Å². The lowest BCUT2D eigenvalue weighted by Crippen LogP contribution is -2.66. The van der Waals surface area contributed by atoms with E-state index in [-0.39, 0.29) is 24.0 Å². The van der Waals surface area contributed by atoms with Crippen LogP contribution >= 0.6 is 0 Å². The molecule has 5 atom stereocenters. The van der Waals surface area contributed by atoms with Gasteiger partial charge in [0, 0.05) is 19.2 Å². The largest absolute Gasteiger partial charge is 0.376 e. The Bertz CT molecular complexity index is 1030. The van der Waals surface area contributed by atoms with Crippen LogP contribution in [0, 0.1) is 11.8 Å². The average molecular weight is 439 g/mol. The van der Waals surface area contributed by atoms with Crippen LogP contribution in [0.2, 0.25) is 0 Å². The summed E-state index contributed by atoms with van der Waals surface area (Å²) in [4.78, 5) is 33.9. The lowest BCUT2D eigenvalue weighted by molar-refractivity contribution is -0.135.